The Bertz CT molecular complexity index is 600. The van der Waals surface area contributed by atoms with Crippen LogP contribution in [0.15, 0.2) is 24.3 Å². The van der Waals surface area contributed by atoms with Crippen LogP contribution >= 0.6 is 0 Å². The van der Waals surface area contributed by atoms with Crippen molar-refractivity contribution < 1.29 is 39.7 Å². The van der Waals surface area contributed by atoms with Crippen molar-refractivity contribution in [3.05, 3.63) is 29.8 Å². The maximum atomic E-state index is 10.6. The summed E-state index contributed by atoms with van der Waals surface area (Å²) in [6.07, 6.45) is -5.52. The van der Waals surface area contributed by atoms with E-state index in [1.807, 2.05) is 0 Å². The average molecular weight is 403 g/mol. The van der Waals surface area contributed by atoms with Crippen LogP contribution in [0.4, 0.5) is 0 Å². The second-order valence-electron chi connectivity index (χ2n) is 6.82. The molecule has 5 N–H and O–H groups in total. The highest BCUT2D eigenvalue weighted by Gasteiger charge is 2.51. The standard InChI is InChI=1S/C18H27O8S/c1-24-11-4-2-10(3-5-11)18-25-7-12(20)17(26-18)14(22)9-27-8-13(21)16(23)15(27)6-19/h2-5,12-23H,6-9H2,1H3/q+1/t12-,13-,14-,15-,16+,17+,18?,27?/m1/s1. The zero-order valence-corrected chi connectivity index (χ0v) is 15.9. The van der Waals surface area contributed by atoms with Crippen LogP contribution in [0.1, 0.15) is 11.9 Å². The van der Waals surface area contributed by atoms with Crippen LogP contribution < -0.4 is 4.74 Å². The van der Waals surface area contributed by atoms with Crippen LogP contribution in [-0.2, 0) is 20.4 Å². The van der Waals surface area contributed by atoms with E-state index in [9.17, 15) is 25.5 Å². The molecule has 0 amide bonds. The van der Waals surface area contributed by atoms with Crippen molar-refractivity contribution in [3.8, 4) is 5.75 Å². The Hall–Kier alpha value is -0.910. The molecule has 0 aromatic heterocycles. The van der Waals surface area contributed by atoms with E-state index in [4.69, 9.17) is 14.2 Å². The lowest BCUT2D eigenvalue weighted by molar-refractivity contribution is -0.273. The highest BCUT2D eigenvalue weighted by molar-refractivity contribution is 7.97. The molecule has 3 rings (SSSR count). The molecule has 0 saturated carbocycles. The molecule has 2 unspecified atom stereocenters. The maximum absolute atomic E-state index is 10.6. The van der Waals surface area contributed by atoms with Crippen LogP contribution in [-0.4, -0.2) is 93.1 Å². The lowest BCUT2D eigenvalue weighted by atomic mass is 10.1. The number of aliphatic hydroxyl groups excluding tert-OH is 5. The lowest BCUT2D eigenvalue weighted by Gasteiger charge is -2.36. The molecule has 8 atom stereocenters. The molecule has 2 saturated heterocycles. The molecular weight excluding hydrogens is 376 g/mol. The molecule has 0 spiro atoms. The van der Waals surface area contributed by atoms with Gasteiger partial charge in [0, 0.05) is 16.5 Å². The van der Waals surface area contributed by atoms with Gasteiger partial charge in [-0.05, 0) is 12.1 Å². The van der Waals surface area contributed by atoms with Gasteiger partial charge < -0.3 is 39.7 Å². The van der Waals surface area contributed by atoms with Crippen LogP contribution in [0, 0.1) is 0 Å². The molecule has 2 aliphatic rings. The Morgan fingerprint density at radius 3 is 2.52 bits per heavy atom. The van der Waals surface area contributed by atoms with Crippen molar-refractivity contribution in [2.24, 2.45) is 0 Å². The summed E-state index contributed by atoms with van der Waals surface area (Å²) in [5, 5.41) is 49.6. The molecule has 152 valence electrons. The van der Waals surface area contributed by atoms with Crippen LogP contribution in [0.5, 0.6) is 5.75 Å². The van der Waals surface area contributed by atoms with Crippen LogP contribution in [0.25, 0.3) is 0 Å². The molecular formula is C18H27O8S+. The van der Waals surface area contributed by atoms with E-state index in [2.05, 4.69) is 0 Å². The summed E-state index contributed by atoms with van der Waals surface area (Å²) in [6.45, 7) is -0.249. The Balaban J connectivity index is 1.65. The van der Waals surface area contributed by atoms with E-state index in [0.717, 1.165) is 5.56 Å². The van der Waals surface area contributed by atoms with E-state index < -0.39 is 53.0 Å². The molecule has 2 heterocycles. The van der Waals surface area contributed by atoms with E-state index in [1.165, 1.54) is 0 Å². The van der Waals surface area contributed by atoms with Crippen molar-refractivity contribution in [2.45, 2.75) is 42.1 Å². The first-order valence-electron chi connectivity index (χ1n) is 8.85. The molecule has 9 heteroatoms. The minimum absolute atomic E-state index is 0.0148. The predicted octanol–water partition coefficient (Wildman–Crippen LogP) is -1.45. The van der Waals surface area contributed by atoms with Gasteiger partial charge in [0.1, 0.15) is 47.8 Å². The Kier molecular flexibility index (Phi) is 6.98. The Morgan fingerprint density at radius 2 is 1.89 bits per heavy atom. The lowest BCUT2D eigenvalue weighted by Crippen LogP contribution is -2.50. The van der Waals surface area contributed by atoms with Crippen LogP contribution in [0.3, 0.4) is 0 Å². The quantitative estimate of drug-likeness (QED) is 0.365. The van der Waals surface area contributed by atoms with E-state index >= 15 is 0 Å². The largest absolute Gasteiger partial charge is 0.497 e. The first-order valence-corrected chi connectivity index (χ1v) is 10.5. The summed E-state index contributed by atoms with van der Waals surface area (Å²) in [5.74, 6) is 1.22. The van der Waals surface area contributed by atoms with Gasteiger partial charge in [0.05, 0.1) is 20.3 Å². The van der Waals surface area contributed by atoms with Crippen molar-refractivity contribution in [1.82, 2.24) is 0 Å². The summed E-state index contributed by atoms with van der Waals surface area (Å²) in [7, 11) is 0.992. The zero-order valence-electron chi connectivity index (χ0n) is 15.0. The number of rotatable bonds is 6. The molecule has 2 aliphatic heterocycles. The molecule has 1 aromatic carbocycles. The summed E-state index contributed by atoms with van der Waals surface area (Å²) < 4.78 is 16.5. The first kappa shape index (κ1) is 20.8. The van der Waals surface area contributed by atoms with Crippen molar-refractivity contribution in [1.29, 1.82) is 0 Å². The fourth-order valence-corrected chi connectivity index (χ4v) is 6.12. The van der Waals surface area contributed by atoms with Gasteiger partial charge in [0.25, 0.3) is 0 Å². The summed E-state index contributed by atoms with van der Waals surface area (Å²) in [5.41, 5.74) is 0.738. The van der Waals surface area contributed by atoms with Gasteiger partial charge in [0.15, 0.2) is 11.5 Å². The summed E-state index contributed by atoms with van der Waals surface area (Å²) >= 11 is 0. The van der Waals surface area contributed by atoms with Crippen molar-refractivity contribution in [2.75, 3.05) is 31.8 Å². The summed E-state index contributed by atoms with van der Waals surface area (Å²) in [4.78, 5) is 0. The summed E-state index contributed by atoms with van der Waals surface area (Å²) in [6, 6.07) is 7.12. The number of hydrogen-bond acceptors (Lipinski definition) is 8. The van der Waals surface area contributed by atoms with Gasteiger partial charge >= 0.3 is 0 Å². The van der Waals surface area contributed by atoms with Crippen molar-refractivity contribution >= 4 is 10.9 Å². The SMILES string of the molecule is COc1ccc(C2OC[C@@H](O)[C@@H]([C@H](O)C[S+]3C[C@@H](O)[C@H](O)[C@H]3CO)O2)cc1. The van der Waals surface area contributed by atoms with Crippen LogP contribution in [0.2, 0.25) is 0 Å². The number of methoxy groups -OCH3 is 1. The predicted molar refractivity (Wildman–Crippen MR) is 98.6 cm³/mol. The van der Waals surface area contributed by atoms with E-state index in [-0.39, 0.29) is 19.0 Å². The third-order valence-electron chi connectivity index (χ3n) is 5.00. The van der Waals surface area contributed by atoms with Gasteiger partial charge in [-0.3, -0.25) is 0 Å². The molecule has 0 bridgehead atoms. The normalized spacial score (nSPS) is 37.9. The Labute approximate surface area is 160 Å². The van der Waals surface area contributed by atoms with E-state index in [1.54, 1.807) is 31.4 Å². The highest BCUT2D eigenvalue weighted by Crippen LogP contribution is 2.31. The fraction of sp³-hybridized carbons (Fsp3) is 0.667. The number of ether oxygens (including phenoxy) is 3. The minimum atomic E-state index is -1.01. The van der Waals surface area contributed by atoms with Gasteiger partial charge in [-0.25, -0.2) is 0 Å². The monoisotopic (exact) mass is 403 g/mol. The average Bonchev–Trinajstić information content (AvgIpc) is 2.95. The number of hydrogen-bond donors (Lipinski definition) is 5. The number of aliphatic hydroxyl groups is 5. The fourth-order valence-electron chi connectivity index (χ4n) is 3.44. The van der Waals surface area contributed by atoms with Gasteiger partial charge in [0.2, 0.25) is 0 Å². The van der Waals surface area contributed by atoms with Gasteiger partial charge in [-0.2, -0.15) is 0 Å². The Morgan fingerprint density at radius 1 is 1.19 bits per heavy atom. The molecule has 2 fully saturated rings. The van der Waals surface area contributed by atoms with Crippen molar-refractivity contribution in [3.63, 3.8) is 0 Å². The maximum Gasteiger partial charge on any atom is 0.184 e. The molecule has 27 heavy (non-hydrogen) atoms. The molecule has 8 nitrogen and oxygen atoms in total. The van der Waals surface area contributed by atoms with E-state index in [0.29, 0.717) is 11.5 Å². The zero-order chi connectivity index (χ0) is 19.6. The third-order valence-corrected chi connectivity index (χ3v) is 7.82. The first-order chi connectivity index (χ1) is 12.9. The van der Waals surface area contributed by atoms with Gasteiger partial charge in [-0.1, -0.05) is 12.1 Å². The second kappa shape index (κ2) is 9.06. The molecule has 1 aromatic rings. The molecule has 0 radical (unpaired) electrons. The number of benzene rings is 1. The second-order valence-corrected chi connectivity index (χ2v) is 9.17. The third kappa shape index (κ3) is 4.57. The minimum Gasteiger partial charge on any atom is -0.497 e. The van der Waals surface area contributed by atoms with Gasteiger partial charge in [-0.15, -0.1) is 0 Å². The topological polar surface area (TPSA) is 129 Å². The smallest absolute Gasteiger partial charge is 0.184 e. The molecule has 0 aliphatic carbocycles. The highest BCUT2D eigenvalue weighted by atomic mass is 32.2.